The zero-order chi connectivity index (χ0) is 18.2. The molecule has 2 aromatic rings. The number of hydrogen-bond donors (Lipinski definition) is 1. The van der Waals surface area contributed by atoms with Gasteiger partial charge < -0.3 is 14.7 Å². The maximum atomic E-state index is 12.9. The van der Waals surface area contributed by atoms with Gasteiger partial charge in [-0.05, 0) is 31.0 Å². The van der Waals surface area contributed by atoms with Gasteiger partial charge in [0.05, 0.1) is 6.26 Å². The summed E-state index contributed by atoms with van der Waals surface area (Å²) in [5.74, 6) is -0.710. The fraction of sp³-hybridized carbons (Fsp3) is 0.375. The molecule has 1 atom stereocenters. The van der Waals surface area contributed by atoms with Crippen molar-refractivity contribution in [1.82, 2.24) is 8.87 Å². The van der Waals surface area contributed by atoms with E-state index in [2.05, 4.69) is 0 Å². The number of Topliss-reactive ketones (excluding diaryl/α,β-unsaturated/α-hetero) is 1. The van der Waals surface area contributed by atoms with Gasteiger partial charge in [0.2, 0.25) is 10.0 Å². The molecule has 1 unspecified atom stereocenters. The summed E-state index contributed by atoms with van der Waals surface area (Å²) >= 11 is 0. The monoisotopic (exact) mass is 365 g/mol. The van der Waals surface area contributed by atoms with Crippen molar-refractivity contribution in [2.75, 3.05) is 6.54 Å². The van der Waals surface area contributed by atoms with Gasteiger partial charge in [0, 0.05) is 32.3 Å². The van der Waals surface area contributed by atoms with Crippen molar-refractivity contribution in [2.45, 2.75) is 30.2 Å². The molecule has 1 fully saturated rings. The molecule has 0 aliphatic carbocycles. The highest BCUT2D eigenvalue weighted by molar-refractivity contribution is 7.89. The van der Waals surface area contributed by atoms with E-state index in [1.807, 2.05) is 0 Å². The Hall–Kier alpha value is -2.39. The summed E-state index contributed by atoms with van der Waals surface area (Å²) in [6.07, 6.45) is 4.10. The number of primary amides is 1. The van der Waals surface area contributed by atoms with E-state index in [0.29, 0.717) is 19.4 Å². The van der Waals surface area contributed by atoms with Crippen LogP contribution in [0.5, 0.6) is 0 Å². The van der Waals surface area contributed by atoms with Gasteiger partial charge in [0.25, 0.3) is 5.91 Å². The van der Waals surface area contributed by atoms with E-state index < -0.39 is 22.0 Å². The third-order valence-electron chi connectivity index (χ3n) is 4.38. The lowest BCUT2D eigenvalue weighted by Crippen LogP contribution is -2.36. The minimum Gasteiger partial charge on any atom is -0.461 e. The predicted molar refractivity (Wildman–Crippen MR) is 88.5 cm³/mol. The van der Waals surface area contributed by atoms with Crippen LogP contribution in [0, 0.1) is 0 Å². The molecule has 3 heterocycles. The van der Waals surface area contributed by atoms with Gasteiger partial charge in [-0.2, -0.15) is 4.31 Å². The van der Waals surface area contributed by atoms with Gasteiger partial charge in [0.1, 0.15) is 10.6 Å². The first-order valence-corrected chi connectivity index (χ1v) is 9.29. The average molecular weight is 365 g/mol. The molecular formula is C16H19N3O5S. The number of carbonyl (C=O) groups is 2. The highest BCUT2D eigenvalue weighted by atomic mass is 32.2. The largest absolute Gasteiger partial charge is 0.461 e. The molecule has 0 radical (unpaired) electrons. The molecule has 1 saturated heterocycles. The van der Waals surface area contributed by atoms with Crippen molar-refractivity contribution in [3.05, 3.63) is 42.1 Å². The standard InChI is InChI=1S/C16H19N3O5S/c1-18-10-12(9-13(18)16(17)21)25(22,23)19-6-2-4-11(19)8-14(20)15-5-3-7-24-15/h3,5,7,9-11H,2,4,6,8H2,1H3,(H2,17,21). The number of aromatic nitrogens is 1. The average Bonchev–Trinajstić information content (AvgIpc) is 3.26. The summed E-state index contributed by atoms with van der Waals surface area (Å²) in [5, 5.41) is 0. The number of carbonyl (C=O) groups excluding carboxylic acids is 2. The lowest BCUT2D eigenvalue weighted by atomic mass is 10.1. The molecule has 9 heteroatoms. The van der Waals surface area contributed by atoms with Crippen LogP contribution in [0.4, 0.5) is 0 Å². The minimum atomic E-state index is -3.82. The zero-order valence-electron chi connectivity index (χ0n) is 13.7. The Morgan fingerprint density at radius 3 is 2.76 bits per heavy atom. The third-order valence-corrected chi connectivity index (χ3v) is 6.30. The van der Waals surface area contributed by atoms with Crippen LogP contribution in [0.1, 0.15) is 40.3 Å². The number of furan rings is 1. The number of sulfonamides is 1. The molecule has 1 aliphatic rings. The molecule has 8 nitrogen and oxygen atoms in total. The van der Waals surface area contributed by atoms with Crippen LogP contribution in [-0.2, 0) is 17.1 Å². The molecule has 0 aromatic carbocycles. The number of amides is 1. The normalized spacial score (nSPS) is 18.5. The second-order valence-corrected chi connectivity index (χ2v) is 7.94. The van der Waals surface area contributed by atoms with Crippen molar-refractivity contribution in [2.24, 2.45) is 12.8 Å². The number of nitrogens with zero attached hydrogens (tertiary/aromatic N) is 2. The number of rotatable bonds is 6. The van der Waals surface area contributed by atoms with Crippen LogP contribution in [0.3, 0.4) is 0 Å². The van der Waals surface area contributed by atoms with Crippen molar-refractivity contribution in [3.8, 4) is 0 Å². The van der Waals surface area contributed by atoms with E-state index in [4.69, 9.17) is 10.2 Å². The third kappa shape index (κ3) is 3.24. The highest BCUT2D eigenvalue weighted by Crippen LogP contribution is 2.29. The Morgan fingerprint density at radius 1 is 1.40 bits per heavy atom. The number of aryl methyl sites for hydroxylation is 1. The van der Waals surface area contributed by atoms with Crippen molar-refractivity contribution in [3.63, 3.8) is 0 Å². The Labute approximate surface area is 145 Å². The van der Waals surface area contributed by atoms with Crippen LogP contribution < -0.4 is 5.73 Å². The number of ketones is 1. The van der Waals surface area contributed by atoms with Crippen LogP contribution in [0.15, 0.2) is 40.0 Å². The second kappa shape index (κ2) is 6.49. The molecule has 3 rings (SSSR count). The summed E-state index contributed by atoms with van der Waals surface area (Å²) in [5.41, 5.74) is 5.36. The SMILES string of the molecule is Cn1cc(S(=O)(=O)N2CCCC2CC(=O)c2ccco2)cc1C(N)=O. The number of hydrogen-bond acceptors (Lipinski definition) is 5. The highest BCUT2D eigenvalue weighted by Gasteiger charge is 2.37. The first kappa shape index (κ1) is 17.4. The van der Waals surface area contributed by atoms with E-state index in [1.165, 1.54) is 27.4 Å². The second-order valence-electron chi connectivity index (χ2n) is 6.05. The lowest BCUT2D eigenvalue weighted by molar-refractivity contribution is 0.0933. The van der Waals surface area contributed by atoms with Gasteiger partial charge in [-0.25, -0.2) is 8.42 Å². The van der Waals surface area contributed by atoms with Gasteiger partial charge >= 0.3 is 0 Å². The van der Waals surface area contributed by atoms with E-state index in [1.54, 1.807) is 19.2 Å². The summed E-state index contributed by atoms with van der Waals surface area (Å²) in [6, 6.07) is 4.01. The topological polar surface area (TPSA) is 116 Å². The van der Waals surface area contributed by atoms with E-state index in [9.17, 15) is 18.0 Å². The smallest absolute Gasteiger partial charge is 0.265 e. The maximum absolute atomic E-state index is 12.9. The first-order valence-electron chi connectivity index (χ1n) is 7.85. The van der Waals surface area contributed by atoms with Crippen molar-refractivity contribution >= 4 is 21.7 Å². The molecule has 134 valence electrons. The maximum Gasteiger partial charge on any atom is 0.265 e. The Balaban J connectivity index is 1.84. The predicted octanol–water partition coefficient (Wildman–Crippen LogP) is 1.14. The van der Waals surface area contributed by atoms with E-state index >= 15 is 0 Å². The molecule has 2 aromatic heterocycles. The van der Waals surface area contributed by atoms with Crippen molar-refractivity contribution in [1.29, 1.82) is 0 Å². The van der Waals surface area contributed by atoms with Crippen LogP contribution in [-0.4, -0.2) is 41.6 Å². The summed E-state index contributed by atoms with van der Waals surface area (Å²) in [4.78, 5) is 23.6. The molecular weight excluding hydrogens is 346 g/mol. The molecule has 1 amide bonds. The molecule has 0 spiro atoms. The zero-order valence-corrected chi connectivity index (χ0v) is 14.5. The van der Waals surface area contributed by atoms with Gasteiger partial charge in [0.15, 0.2) is 11.5 Å². The van der Waals surface area contributed by atoms with Crippen LogP contribution in [0.2, 0.25) is 0 Å². The number of nitrogens with two attached hydrogens (primary N) is 1. The Morgan fingerprint density at radius 2 is 2.16 bits per heavy atom. The fourth-order valence-corrected chi connectivity index (χ4v) is 4.90. The molecule has 25 heavy (non-hydrogen) atoms. The quantitative estimate of drug-likeness (QED) is 0.771. The van der Waals surface area contributed by atoms with Gasteiger partial charge in [-0.3, -0.25) is 9.59 Å². The molecule has 1 aliphatic heterocycles. The summed E-state index contributed by atoms with van der Waals surface area (Å²) in [6.45, 7) is 0.333. The van der Waals surface area contributed by atoms with Gasteiger partial charge in [-0.15, -0.1) is 0 Å². The Bertz CT molecular complexity index is 898. The molecule has 0 saturated carbocycles. The van der Waals surface area contributed by atoms with Crippen LogP contribution >= 0.6 is 0 Å². The summed E-state index contributed by atoms with van der Waals surface area (Å²) in [7, 11) is -2.26. The summed E-state index contributed by atoms with van der Waals surface area (Å²) < 4.78 is 33.6. The minimum absolute atomic E-state index is 0.00106. The molecule has 2 N–H and O–H groups in total. The lowest BCUT2D eigenvalue weighted by Gasteiger charge is -2.22. The Kier molecular flexibility index (Phi) is 4.53. The fourth-order valence-electron chi connectivity index (χ4n) is 3.14. The van der Waals surface area contributed by atoms with Crippen LogP contribution in [0.25, 0.3) is 0 Å². The van der Waals surface area contributed by atoms with E-state index in [0.717, 1.165) is 0 Å². The van der Waals surface area contributed by atoms with Crippen molar-refractivity contribution < 1.29 is 22.4 Å². The van der Waals surface area contributed by atoms with E-state index in [-0.39, 0.29) is 28.6 Å². The first-order chi connectivity index (χ1) is 11.8. The van der Waals surface area contributed by atoms with Gasteiger partial charge in [-0.1, -0.05) is 0 Å². The molecule has 0 bridgehead atoms.